The van der Waals surface area contributed by atoms with Crippen LogP contribution in [0.2, 0.25) is 0 Å². The molecule has 0 radical (unpaired) electrons. The third kappa shape index (κ3) is 3.41. The molecule has 1 aromatic rings. The Labute approximate surface area is 125 Å². The molecule has 1 unspecified atom stereocenters. The maximum absolute atomic E-state index is 12.3. The van der Waals surface area contributed by atoms with Gasteiger partial charge in [-0.1, -0.05) is 22.0 Å². The number of benzene rings is 1. The number of hydrogen-bond acceptors (Lipinski definition) is 3. The van der Waals surface area contributed by atoms with Crippen molar-refractivity contribution in [2.24, 2.45) is 0 Å². The lowest BCUT2D eigenvalue weighted by atomic mass is 10.1. The summed E-state index contributed by atoms with van der Waals surface area (Å²) in [5.41, 5.74) is 0.749. The van der Waals surface area contributed by atoms with Gasteiger partial charge in [0.15, 0.2) is 0 Å². The molecule has 1 amide bonds. The van der Waals surface area contributed by atoms with Gasteiger partial charge in [-0.2, -0.15) is 0 Å². The molecule has 19 heavy (non-hydrogen) atoms. The summed E-state index contributed by atoms with van der Waals surface area (Å²) in [6.45, 7) is 2.32. The zero-order valence-electron chi connectivity index (χ0n) is 10.6. The van der Waals surface area contributed by atoms with Crippen LogP contribution in [-0.2, 0) is 9.53 Å². The molecule has 1 aliphatic heterocycles. The van der Waals surface area contributed by atoms with Gasteiger partial charge in [-0.15, -0.1) is 11.6 Å². The van der Waals surface area contributed by atoms with Crippen LogP contribution in [0.3, 0.4) is 0 Å². The van der Waals surface area contributed by atoms with Crippen molar-refractivity contribution in [3.05, 3.63) is 28.2 Å². The fraction of sp³-hybridized carbons (Fsp3) is 0.462. The number of morpholine rings is 1. The number of carbonyl (C=O) groups excluding carboxylic acids is 1. The van der Waals surface area contributed by atoms with Gasteiger partial charge in [0.1, 0.15) is 11.1 Å². The fourth-order valence-corrected chi connectivity index (χ4v) is 2.96. The second-order valence-electron chi connectivity index (χ2n) is 4.19. The van der Waals surface area contributed by atoms with Crippen LogP contribution in [0.5, 0.6) is 5.75 Å². The molecule has 0 spiro atoms. The van der Waals surface area contributed by atoms with Crippen LogP contribution in [0.4, 0.5) is 0 Å². The Hall–Kier alpha value is -0.780. The van der Waals surface area contributed by atoms with Crippen LogP contribution in [0.25, 0.3) is 0 Å². The van der Waals surface area contributed by atoms with E-state index in [-0.39, 0.29) is 5.91 Å². The lowest BCUT2D eigenvalue weighted by Crippen LogP contribution is -2.42. The molecule has 4 nitrogen and oxygen atoms in total. The van der Waals surface area contributed by atoms with Gasteiger partial charge in [0.25, 0.3) is 0 Å². The number of nitrogens with zero attached hydrogens (tertiary/aromatic N) is 1. The van der Waals surface area contributed by atoms with Crippen molar-refractivity contribution in [2.45, 2.75) is 5.38 Å². The molecular formula is C13H15BrClNO3. The van der Waals surface area contributed by atoms with Gasteiger partial charge in [0, 0.05) is 17.6 Å². The van der Waals surface area contributed by atoms with Gasteiger partial charge in [-0.05, 0) is 17.7 Å². The Morgan fingerprint density at radius 3 is 2.74 bits per heavy atom. The standard InChI is InChI=1S/C13H15BrClNO3/c1-18-9-2-3-10(11(14)8-9)12(15)13(17)16-4-6-19-7-5-16/h2-3,8,12H,4-7H2,1H3. The Morgan fingerprint density at radius 2 is 2.16 bits per heavy atom. The predicted molar refractivity (Wildman–Crippen MR) is 76.7 cm³/mol. The number of rotatable bonds is 3. The minimum absolute atomic E-state index is 0.0872. The van der Waals surface area contributed by atoms with Crippen LogP contribution >= 0.6 is 27.5 Å². The van der Waals surface area contributed by atoms with Crippen molar-refractivity contribution in [1.29, 1.82) is 0 Å². The number of alkyl halides is 1. The number of ether oxygens (including phenoxy) is 2. The molecule has 1 heterocycles. The van der Waals surface area contributed by atoms with Crippen molar-refractivity contribution in [1.82, 2.24) is 4.90 Å². The van der Waals surface area contributed by atoms with Gasteiger partial charge in [0.2, 0.25) is 5.91 Å². The highest BCUT2D eigenvalue weighted by Gasteiger charge is 2.26. The summed E-state index contributed by atoms with van der Waals surface area (Å²) in [7, 11) is 1.60. The maximum Gasteiger partial charge on any atom is 0.245 e. The fourth-order valence-electron chi connectivity index (χ4n) is 1.92. The van der Waals surface area contributed by atoms with E-state index < -0.39 is 5.38 Å². The Balaban J connectivity index is 2.14. The zero-order chi connectivity index (χ0) is 13.8. The average Bonchev–Trinajstić information content (AvgIpc) is 2.46. The highest BCUT2D eigenvalue weighted by atomic mass is 79.9. The second-order valence-corrected chi connectivity index (χ2v) is 5.48. The van der Waals surface area contributed by atoms with Crippen LogP contribution in [0.15, 0.2) is 22.7 Å². The SMILES string of the molecule is COc1ccc(C(Cl)C(=O)N2CCOCC2)c(Br)c1. The van der Waals surface area contributed by atoms with Crippen molar-refractivity contribution in [3.63, 3.8) is 0 Å². The highest BCUT2D eigenvalue weighted by Crippen LogP contribution is 2.32. The summed E-state index contributed by atoms with van der Waals surface area (Å²) in [6.07, 6.45) is 0. The predicted octanol–water partition coefficient (Wildman–Crippen LogP) is 2.60. The summed E-state index contributed by atoms with van der Waals surface area (Å²) in [4.78, 5) is 14.0. The van der Waals surface area contributed by atoms with E-state index in [0.29, 0.717) is 26.3 Å². The number of methoxy groups -OCH3 is 1. The first-order valence-corrected chi connectivity index (χ1v) is 7.20. The first-order valence-electron chi connectivity index (χ1n) is 5.97. The molecule has 6 heteroatoms. The van der Waals surface area contributed by atoms with Gasteiger partial charge in [-0.3, -0.25) is 4.79 Å². The van der Waals surface area contributed by atoms with Crippen LogP contribution in [0, 0.1) is 0 Å². The molecule has 1 fully saturated rings. The largest absolute Gasteiger partial charge is 0.497 e. The second kappa shape index (κ2) is 6.59. The third-order valence-electron chi connectivity index (χ3n) is 3.02. The monoisotopic (exact) mass is 347 g/mol. The molecule has 2 rings (SSSR count). The molecule has 1 aliphatic rings. The van der Waals surface area contributed by atoms with Crippen molar-refractivity contribution < 1.29 is 14.3 Å². The van der Waals surface area contributed by atoms with E-state index in [4.69, 9.17) is 21.1 Å². The van der Waals surface area contributed by atoms with E-state index in [1.807, 2.05) is 0 Å². The molecule has 104 valence electrons. The molecule has 0 aromatic heterocycles. The number of halogens is 2. The highest BCUT2D eigenvalue weighted by molar-refractivity contribution is 9.10. The molecule has 0 bridgehead atoms. The van der Waals surface area contributed by atoms with E-state index >= 15 is 0 Å². The van der Waals surface area contributed by atoms with E-state index in [9.17, 15) is 4.79 Å². The van der Waals surface area contributed by atoms with Crippen LogP contribution in [0.1, 0.15) is 10.9 Å². The van der Waals surface area contributed by atoms with Crippen molar-refractivity contribution >= 4 is 33.4 Å². The van der Waals surface area contributed by atoms with Gasteiger partial charge < -0.3 is 14.4 Å². The Bertz CT molecular complexity index is 463. The van der Waals surface area contributed by atoms with Crippen molar-refractivity contribution in [2.75, 3.05) is 33.4 Å². The first kappa shape index (κ1) is 14.6. The summed E-state index contributed by atoms with van der Waals surface area (Å²) < 4.78 is 11.1. The minimum atomic E-state index is -0.696. The molecular weight excluding hydrogens is 334 g/mol. The quantitative estimate of drug-likeness (QED) is 0.788. The zero-order valence-corrected chi connectivity index (χ0v) is 12.9. The van der Waals surface area contributed by atoms with Gasteiger partial charge >= 0.3 is 0 Å². The first-order chi connectivity index (χ1) is 9.13. The molecule has 1 atom stereocenters. The topological polar surface area (TPSA) is 38.8 Å². The molecule has 0 saturated carbocycles. The molecule has 1 aromatic carbocycles. The van der Waals surface area contributed by atoms with Crippen molar-refractivity contribution in [3.8, 4) is 5.75 Å². The summed E-state index contributed by atoms with van der Waals surface area (Å²) >= 11 is 9.71. The summed E-state index contributed by atoms with van der Waals surface area (Å²) in [6, 6.07) is 5.40. The van der Waals surface area contributed by atoms with E-state index in [2.05, 4.69) is 15.9 Å². The van der Waals surface area contributed by atoms with E-state index in [0.717, 1.165) is 15.8 Å². The summed E-state index contributed by atoms with van der Waals surface area (Å²) in [5.74, 6) is 0.633. The lowest BCUT2D eigenvalue weighted by molar-refractivity contribution is -0.134. The maximum atomic E-state index is 12.3. The number of carbonyl (C=O) groups is 1. The summed E-state index contributed by atoms with van der Waals surface area (Å²) in [5, 5.41) is -0.696. The Morgan fingerprint density at radius 1 is 1.47 bits per heavy atom. The third-order valence-corrected chi connectivity index (χ3v) is 4.13. The molecule has 0 aliphatic carbocycles. The van der Waals surface area contributed by atoms with Gasteiger partial charge in [0.05, 0.1) is 20.3 Å². The number of hydrogen-bond donors (Lipinski definition) is 0. The molecule has 0 N–H and O–H groups in total. The average molecular weight is 349 g/mol. The minimum Gasteiger partial charge on any atom is -0.497 e. The normalized spacial score (nSPS) is 17.1. The lowest BCUT2D eigenvalue weighted by Gasteiger charge is -2.28. The smallest absolute Gasteiger partial charge is 0.245 e. The van der Waals surface area contributed by atoms with E-state index in [1.54, 1.807) is 30.2 Å². The van der Waals surface area contributed by atoms with E-state index in [1.165, 1.54) is 0 Å². The van der Waals surface area contributed by atoms with Gasteiger partial charge in [-0.25, -0.2) is 0 Å². The van der Waals surface area contributed by atoms with Crippen LogP contribution < -0.4 is 4.74 Å². The molecule has 1 saturated heterocycles. The number of amides is 1. The van der Waals surface area contributed by atoms with Crippen LogP contribution in [-0.4, -0.2) is 44.2 Å². The Kier molecular flexibility index (Phi) is 5.07.